The Hall–Kier alpha value is -3.49. The van der Waals surface area contributed by atoms with E-state index < -0.39 is 18.2 Å². The van der Waals surface area contributed by atoms with Gasteiger partial charge in [0.1, 0.15) is 0 Å². The first-order valence-corrected chi connectivity index (χ1v) is 15.8. The minimum atomic E-state index is -1.08. The van der Waals surface area contributed by atoms with E-state index in [1.54, 1.807) is 12.1 Å². The molecule has 8 N–H and O–H groups in total. The van der Waals surface area contributed by atoms with E-state index in [1.165, 1.54) is 14.2 Å². The van der Waals surface area contributed by atoms with Gasteiger partial charge in [0.05, 0.1) is 26.9 Å². The van der Waals surface area contributed by atoms with Crippen LogP contribution in [-0.4, -0.2) is 89.4 Å². The second-order valence-electron chi connectivity index (χ2n) is 11.6. The zero-order chi connectivity index (χ0) is 31.8. The highest BCUT2D eigenvalue weighted by Crippen LogP contribution is 2.56. The molecule has 0 bridgehead atoms. The maximum absolute atomic E-state index is 13.2. The zero-order valence-electron chi connectivity index (χ0n) is 26.1. The Morgan fingerprint density at radius 2 is 1.53 bits per heavy atom. The van der Waals surface area contributed by atoms with Gasteiger partial charge in [0.15, 0.2) is 29.3 Å². The first-order valence-electron chi connectivity index (χ1n) is 15.8. The van der Waals surface area contributed by atoms with Crippen LogP contribution in [0.1, 0.15) is 54.3 Å². The van der Waals surface area contributed by atoms with Gasteiger partial charge in [-0.05, 0) is 99.4 Å². The molecule has 3 aliphatic rings. The number of aliphatic hydroxyl groups is 1. The third-order valence-corrected chi connectivity index (χ3v) is 8.82. The Bertz CT molecular complexity index is 1270. The topological polar surface area (TPSA) is 178 Å². The summed E-state index contributed by atoms with van der Waals surface area (Å²) in [6.45, 7) is 5.28. The molecule has 5 unspecified atom stereocenters. The van der Waals surface area contributed by atoms with Crippen molar-refractivity contribution in [2.24, 2.45) is 17.6 Å². The van der Waals surface area contributed by atoms with Crippen LogP contribution in [0, 0.1) is 11.8 Å². The molecule has 2 heterocycles. The Morgan fingerprint density at radius 3 is 2.18 bits per heavy atom. The second kappa shape index (κ2) is 15.7. The van der Waals surface area contributed by atoms with Gasteiger partial charge in [-0.25, -0.2) is 4.79 Å². The summed E-state index contributed by atoms with van der Waals surface area (Å²) in [6.07, 6.45) is 2.90. The van der Waals surface area contributed by atoms with Crippen molar-refractivity contribution in [3.8, 4) is 28.7 Å². The molecule has 0 aromatic heterocycles. The van der Waals surface area contributed by atoms with Crippen molar-refractivity contribution >= 4 is 6.03 Å². The number of rotatable bonds is 16. The Labute approximate surface area is 264 Å². The number of ether oxygens (including phenoxy) is 5. The van der Waals surface area contributed by atoms with Crippen molar-refractivity contribution in [1.29, 1.82) is 0 Å². The molecule has 2 aromatic carbocycles. The third kappa shape index (κ3) is 7.50. The van der Waals surface area contributed by atoms with Crippen LogP contribution in [0.25, 0.3) is 0 Å². The lowest BCUT2D eigenvalue weighted by molar-refractivity contribution is -0.0855. The van der Waals surface area contributed by atoms with E-state index in [0.717, 1.165) is 75.1 Å². The van der Waals surface area contributed by atoms with Crippen LogP contribution < -0.4 is 45.9 Å². The van der Waals surface area contributed by atoms with Gasteiger partial charge in [0.2, 0.25) is 12.5 Å². The summed E-state index contributed by atoms with van der Waals surface area (Å²) in [5, 5.41) is 34.7. The second-order valence-corrected chi connectivity index (χ2v) is 11.6. The summed E-state index contributed by atoms with van der Waals surface area (Å²) >= 11 is 0. The lowest BCUT2D eigenvalue weighted by Crippen LogP contribution is -2.46. The van der Waals surface area contributed by atoms with Crippen molar-refractivity contribution in [2.75, 3.05) is 66.9 Å². The molecule has 248 valence electrons. The van der Waals surface area contributed by atoms with Crippen molar-refractivity contribution in [2.45, 2.75) is 43.9 Å². The molecule has 2 aromatic rings. The minimum Gasteiger partial charge on any atom is -0.502 e. The number of hydrogen-bond donors (Lipinski definition) is 7. The van der Waals surface area contributed by atoms with Crippen molar-refractivity contribution in [3.63, 3.8) is 0 Å². The number of nitrogens with two attached hydrogens (primary N) is 1. The molecular formula is C32H47N5O8. The van der Waals surface area contributed by atoms with Crippen molar-refractivity contribution in [1.82, 2.24) is 21.3 Å². The Balaban J connectivity index is 1.26. The Morgan fingerprint density at radius 1 is 0.911 bits per heavy atom. The fourth-order valence-corrected chi connectivity index (χ4v) is 6.59. The summed E-state index contributed by atoms with van der Waals surface area (Å²) in [5.41, 5.74) is 7.98. The largest absolute Gasteiger partial charge is 0.502 e. The number of hydrogen-bond acceptors (Lipinski definition) is 11. The maximum atomic E-state index is 13.2. The van der Waals surface area contributed by atoms with E-state index >= 15 is 0 Å². The predicted molar refractivity (Wildman–Crippen MR) is 167 cm³/mol. The molecule has 13 heteroatoms. The lowest BCUT2D eigenvalue weighted by atomic mass is 9.65. The summed E-state index contributed by atoms with van der Waals surface area (Å²) in [6, 6.07) is 6.55. The molecule has 2 amide bonds. The molecule has 5 rings (SSSR count). The van der Waals surface area contributed by atoms with Crippen LogP contribution in [0.5, 0.6) is 28.7 Å². The highest BCUT2D eigenvalue weighted by Gasteiger charge is 2.52. The monoisotopic (exact) mass is 629 g/mol. The van der Waals surface area contributed by atoms with Gasteiger partial charge in [-0.3, -0.25) is 0 Å². The number of unbranched alkanes of at least 4 members (excludes halogenated alkanes) is 1. The smallest absolute Gasteiger partial charge is 0.315 e. The van der Waals surface area contributed by atoms with Gasteiger partial charge in [-0.15, -0.1) is 0 Å². The molecule has 2 aliphatic heterocycles. The highest BCUT2D eigenvalue weighted by atomic mass is 16.7. The van der Waals surface area contributed by atoms with Gasteiger partial charge in [0, 0.05) is 24.3 Å². The van der Waals surface area contributed by atoms with Crippen molar-refractivity contribution in [3.05, 3.63) is 41.0 Å². The number of aromatic hydroxyl groups is 1. The number of aliphatic hydroxyl groups excluding tert-OH is 1. The van der Waals surface area contributed by atoms with Crippen LogP contribution in [0.4, 0.5) is 4.79 Å². The van der Waals surface area contributed by atoms with Crippen LogP contribution >= 0.6 is 0 Å². The molecule has 13 nitrogen and oxygen atoms in total. The molecule has 0 spiro atoms. The van der Waals surface area contributed by atoms with E-state index in [4.69, 9.17) is 29.4 Å². The van der Waals surface area contributed by atoms with E-state index in [9.17, 15) is 15.0 Å². The number of fused-ring (bicyclic) bond motifs is 3. The summed E-state index contributed by atoms with van der Waals surface area (Å²) in [5.74, 6) is 0.524. The number of methoxy groups -OCH3 is 2. The summed E-state index contributed by atoms with van der Waals surface area (Å²) < 4.78 is 28.1. The molecule has 1 fully saturated rings. The van der Waals surface area contributed by atoms with E-state index in [0.29, 0.717) is 18.0 Å². The SMILES string of the molecule is COc1cc(C2c3cc4c(cc3C(NC(=O)NCCCNCCCNCCCCN)C3COC(O)C23)OCO4)cc(OC)c1O. The number of phenols is 1. The molecule has 45 heavy (non-hydrogen) atoms. The molecule has 1 saturated heterocycles. The van der Waals surface area contributed by atoms with E-state index in [-0.39, 0.29) is 48.5 Å². The highest BCUT2D eigenvalue weighted by molar-refractivity contribution is 5.75. The zero-order valence-corrected chi connectivity index (χ0v) is 26.1. The summed E-state index contributed by atoms with van der Waals surface area (Å²) in [7, 11) is 2.95. The quantitative estimate of drug-likeness (QED) is 0.135. The van der Waals surface area contributed by atoms with E-state index in [2.05, 4.69) is 21.3 Å². The first-order chi connectivity index (χ1) is 22.0. The number of carbonyl (C=O) groups is 1. The first kappa shape index (κ1) is 32.9. The molecule has 1 aliphatic carbocycles. The third-order valence-electron chi connectivity index (χ3n) is 8.82. The van der Waals surface area contributed by atoms with Gasteiger partial charge >= 0.3 is 6.03 Å². The number of amides is 2. The fraction of sp³-hybridized carbons (Fsp3) is 0.594. The number of carbonyl (C=O) groups excluding carboxylic acids is 1. The number of nitrogens with one attached hydrogen (secondary N) is 4. The molecule has 5 atom stereocenters. The normalized spacial score (nSPS) is 22.9. The van der Waals surface area contributed by atoms with E-state index in [1.807, 2.05) is 12.1 Å². The molecule has 0 saturated carbocycles. The fourth-order valence-electron chi connectivity index (χ4n) is 6.59. The maximum Gasteiger partial charge on any atom is 0.315 e. The Kier molecular flexibility index (Phi) is 11.5. The van der Waals surface area contributed by atoms with Gasteiger partial charge < -0.3 is 60.9 Å². The summed E-state index contributed by atoms with van der Waals surface area (Å²) in [4.78, 5) is 13.2. The number of phenolic OH excluding ortho intramolecular Hbond substituents is 1. The molecular weight excluding hydrogens is 582 g/mol. The minimum absolute atomic E-state index is 0.0975. The van der Waals surface area contributed by atoms with Gasteiger partial charge in [-0.2, -0.15) is 0 Å². The van der Waals surface area contributed by atoms with Crippen molar-refractivity contribution < 1.29 is 38.7 Å². The average molecular weight is 630 g/mol. The number of urea groups is 1. The predicted octanol–water partition coefficient (Wildman–Crippen LogP) is 1.90. The van der Waals surface area contributed by atoms with Crippen LogP contribution in [0.2, 0.25) is 0 Å². The standard InChI is InChI=1S/C32H47N5O8/c1-41-25-13-19(14-26(42-2)30(25)38)27-20-15-23-24(45-18-44-23)16-21(20)29(22-17-43-31(39)28(22)27)37-32(40)36-12-6-11-35-10-5-9-34-8-4-3-7-33/h13-16,22,27-29,31,34-35,38-39H,3-12,17-18,33H2,1-2H3,(H2,36,37,40). The lowest BCUT2D eigenvalue weighted by Gasteiger charge is -2.41. The van der Waals surface area contributed by atoms with Gasteiger partial charge in [0.25, 0.3) is 0 Å². The van der Waals surface area contributed by atoms with Crippen LogP contribution in [0.15, 0.2) is 24.3 Å². The number of benzene rings is 2. The van der Waals surface area contributed by atoms with Gasteiger partial charge in [-0.1, -0.05) is 0 Å². The van der Waals surface area contributed by atoms with Crippen LogP contribution in [-0.2, 0) is 4.74 Å². The molecule has 0 radical (unpaired) electrons. The van der Waals surface area contributed by atoms with Crippen LogP contribution in [0.3, 0.4) is 0 Å². The average Bonchev–Trinajstić information content (AvgIpc) is 3.67.